The first kappa shape index (κ1) is 18.3. The van der Waals surface area contributed by atoms with Crippen LogP contribution in [-0.2, 0) is 14.3 Å². The van der Waals surface area contributed by atoms with Gasteiger partial charge < -0.3 is 29.9 Å². The minimum absolute atomic E-state index is 0.194. The average Bonchev–Trinajstić information content (AvgIpc) is 2.47. The van der Waals surface area contributed by atoms with Gasteiger partial charge in [0, 0.05) is 6.42 Å². The number of carbonyl (C=O) groups is 1. The lowest BCUT2D eigenvalue weighted by atomic mass is 9.99. The summed E-state index contributed by atoms with van der Waals surface area (Å²) in [5.41, 5.74) is 0. The third-order valence-corrected chi connectivity index (χ3v) is 3.59. The second-order valence-corrected chi connectivity index (χ2v) is 5.35. The van der Waals surface area contributed by atoms with Gasteiger partial charge in [0.25, 0.3) is 0 Å². The van der Waals surface area contributed by atoms with Crippen LogP contribution in [0.5, 0.6) is 0 Å². The third-order valence-electron chi connectivity index (χ3n) is 3.59. The first-order valence-electron chi connectivity index (χ1n) is 7.51. The van der Waals surface area contributed by atoms with E-state index in [9.17, 15) is 20.1 Å². The van der Waals surface area contributed by atoms with Crippen LogP contribution in [0.15, 0.2) is 0 Å². The molecule has 1 heterocycles. The molecule has 0 aromatic rings. The highest BCUT2D eigenvalue weighted by molar-refractivity contribution is 5.69. The largest absolute Gasteiger partial charge is 0.454 e. The summed E-state index contributed by atoms with van der Waals surface area (Å²) in [6.45, 7) is 1.55. The molecule has 4 N–H and O–H groups in total. The molecule has 1 fully saturated rings. The lowest BCUT2D eigenvalue weighted by Crippen LogP contribution is -2.59. The molecule has 1 saturated heterocycles. The zero-order valence-corrected chi connectivity index (χ0v) is 12.4. The Bertz CT molecular complexity index is 310. The van der Waals surface area contributed by atoms with Gasteiger partial charge in [0.05, 0.1) is 6.61 Å². The van der Waals surface area contributed by atoms with Crippen LogP contribution in [0, 0.1) is 0 Å². The van der Waals surface area contributed by atoms with E-state index in [1.54, 1.807) is 0 Å². The molecule has 0 bridgehead atoms. The van der Waals surface area contributed by atoms with Crippen molar-refractivity contribution < 1.29 is 34.7 Å². The molecular formula is C14H26O7. The second kappa shape index (κ2) is 9.32. The maximum atomic E-state index is 11.7. The molecule has 0 radical (unpaired) electrons. The molecule has 0 aromatic heterocycles. The van der Waals surface area contributed by atoms with Gasteiger partial charge in [-0.05, 0) is 6.42 Å². The fourth-order valence-corrected chi connectivity index (χ4v) is 2.28. The van der Waals surface area contributed by atoms with Crippen molar-refractivity contribution >= 4 is 5.97 Å². The molecular weight excluding hydrogens is 280 g/mol. The predicted octanol–water partition coefficient (Wildman–Crippen LogP) is -0.310. The lowest BCUT2D eigenvalue weighted by Gasteiger charge is -2.39. The van der Waals surface area contributed by atoms with Gasteiger partial charge in [-0.1, -0.05) is 32.6 Å². The van der Waals surface area contributed by atoms with Crippen LogP contribution in [0.2, 0.25) is 0 Å². The standard InChI is InChI=1S/C14H26O7/c1-2-3-4-5-6-7-10(16)21-13-12(18)11(17)9(8-15)20-14(13)19/h9,11-15,17-19H,2-8H2,1H3/t9-,11-,12+,13-,14-/m1/s1. The van der Waals surface area contributed by atoms with E-state index < -0.39 is 43.3 Å². The van der Waals surface area contributed by atoms with E-state index in [0.717, 1.165) is 25.7 Å². The van der Waals surface area contributed by atoms with Crippen LogP contribution >= 0.6 is 0 Å². The van der Waals surface area contributed by atoms with Crippen molar-refractivity contribution in [2.45, 2.75) is 76.2 Å². The summed E-state index contributed by atoms with van der Waals surface area (Å²) >= 11 is 0. The number of aliphatic hydroxyl groups is 4. The van der Waals surface area contributed by atoms with Crippen LogP contribution in [0.25, 0.3) is 0 Å². The fourth-order valence-electron chi connectivity index (χ4n) is 2.28. The number of carbonyl (C=O) groups excluding carboxylic acids is 1. The number of ether oxygens (including phenoxy) is 2. The van der Waals surface area contributed by atoms with Crippen molar-refractivity contribution in [3.8, 4) is 0 Å². The zero-order chi connectivity index (χ0) is 15.8. The molecule has 21 heavy (non-hydrogen) atoms. The minimum Gasteiger partial charge on any atom is -0.454 e. The molecule has 0 amide bonds. The molecule has 1 aliphatic rings. The van der Waals surface area contributed by atoms with Crippen LogP contribution < -0.4 is 0 Å². The van der Waals surface area contributed by atoms with E-state index in [4.69, 9.17) is 14.6 Å². The van der Waals surface area contributed by atoms with E-state index in [1.807, 2.05) is 0 Å². The van der Waals surface area contributed by atoms with Crippen molar-refractivity contribution in [1.82, 2.24) is 0 Å². The summed E-state index contributed by atoms with van der Waals surface area (Å²) in [6, 6.07) is 0. The number of hydrogen-bond acceptors (Lipinski definition) is 7. The second-order valence-electron chi connectivity index (χ2n) is 5.35. The van der Waals surface area contributed by atoms with Crippen molar-refractivity contribution in [1.29, 1.82) is 0 Å². The molecule has 7 heteroatoms. The highest BCUT2D eigenvalue weighted by atomic mass is 16.7. The normalized spacial score (nSPS) is 32.9. The van der Waals surface area contributed by atoms with Gasteiger partial charge in [-0.25, -0.2) is 0 Å². The fraction of sp³-hybridized carbons (Fsp3) is 0.929. The van der Waals surface area contributed by atoms with Crippen LogP contribution in [-0.4, -0.2) is 63.7 Å². The van der Waals surface area contributed by atoms with Gasteiger partial charge >= 0.3 is 5.97 Å². The highest BCUT2D eigenvalue weighted by Crippen LogP contribution is 2.22. The summed E-state index contributed by atoms with van der Waals surface area (Å²) < 4.78 is 9.89. The number of esters is 1. The molecule has 124 valence electrons. The van der Waals surface area contributed by atoms with Crippen molar-refractivity contribution in [3.05, 3.63) is 0 Å². The summed E-state index contributed by atoms with van der Waals surface area (Å²) in [6.07, 6.45) is -1.82. The summed E-state index contributed by atoms with van der Waals surface area (Å²) in [4.78, 5) is 11.7. The quantitative estimate of drug-likeness (QED) is 0.359. The molecule has 0 aromatic carbocycles. The van der Waals surface area contributed by atoms with Crippen LogP contribution in [0.1, 0.15) is 45.4 Å². The average molecular weight is 306 g/mol. The molecule has 7 nitrogen and oxygen atoms in total. The van der Waals surface area contributed by atoms with Gasteiger partial charge in [-0.15, -0.1) is 0 Å². The molecule has 0 spiro atoms. The number of rotatable bonds is 8. The van der Waals surface area contributed by atoms with Gasteiger partial charge in [0.1, 0.15) is 18.3 Å². The first-order valence-corrected chi connectivity index (χ1v) is 7.51. The van der Waals surface area contributed by atoms with Gasteiger partial charge in [0.15, 0.2) is 12.4 Å². The molecule has 0 saturated carbocycles. The Kier molecular flexibility index (Phi) is 8.13. The van der Waals surface area contributed by atoms with E-state index in [-0.39, 0.29) is 6.42 Å². The molecule has 5 atom stereocenters. The SMILES string of the molecule is CCCCCCCC(=O)O[C@@H]1[C@@H](O)[C@H](O)[C@@H](CO)O[C@H]1O. The smallest absolute Gasteiger partial charge is 0.306 e. The van der Waals surface area contributed by atoms with E-state index in [2.05, 4.69) is 6.92 Å². The Morgan fingerprint density at radius 3 is 2.38 bits per heavy atom. The Morgan fingerprint density at radius 1 is 1.10 bits per heavy atom. The van der Waals surface area contributed by atoms with E-state index in [0.29, 0.717) is 6.42 Å². The summed E-state index contributed by atoms with van der Waals surface area (Å²) in [7, 11) is 0. The first-order chi connectivity index (χ1) is 10.0. The summed E-state index contributed by atoms with van der Waals surface area (Å²) in [5.74, 6) is -0.548. The predicted molar refractivity (Wildman–Crippen MR) is 73.2 cm³/mol. The van der Waals surface area contributed by atoms with Gasteiger partial charge in [0.2, 0.25) is 0 Å². The van der Waals surface area contributed by atoms with Crippen LogP contribution in [0.3, 0.4) is 0 Å². The molecule has 0 unspecified atom stereocenters. The Labute approximate surface area is 124 Å². The highest BCUT2D eigenvalue weighted by Gasteiger charge is 2.45. The summed E-state index contributed by atoms with van der Waals surface area (Å²) in [5, 5.41) is 38.1. The van der Waals surface area contributed by atoms with Crippen LogP contribution in [0.4, 0.5) is 0 Å². The third kappa shape index (κ3) is 5.52. The number of aliphatic hydroxyl groups excluding tert-OH is 4. The van der Waals surface area contributed by atoms with Crippen molar-refractivity contribution in [2.75, 3.05) is 6.61 Å². The Morgan fingerprint density at radius 2 is 1.76 bits per heavy atom. The maximum absolute atomic E-state index is 11.7. The maximum Gasteiger partial charge on any atom is 0.306 e. The molecule has 0 aliphatic carbocycles. The molecule has 1 rings (SSSR count). The molecule has 1 aliphatic heterocycles. The van der Waals surface area contributed by atoms with E-state index in [1.165, 1.54) is 0 Å². The lowest BCUT2D eigenvalue weighted by molar-refractivity contribution is -0.290. The minimum atomic E-state index is -1.57. The van der Waals surface area contributed by atoms with E-state index >= 15 is 0 Å². The van der Waals surface area contributed by atoms with Gasteiger partial charge in [-0.2, -0.15) is 0 Å². The number of unbranched alkanes of at least 4 members (excludes halogenated alkanes) is 4. The number of hydrogen-bond donors (Lipinski definition) is 4. The zero-order valence-electron chi connectivity index (χ0n) is 12.4. The Balaban J connectivity index is 2.37. The van der Waals surface area contributed by atoms with Gasteiger partial charge in [-0.3, -0.25) is 4.79 Å². The Hall–Kier alpha value is -0.730. The topological polar surface area (TPSA) is 116 Å². The van der Waals surface area contributed by atoms with Crippen molar-refractivity contribution in [3.63, 3.8) is 0 Å². The monoisotopic (exact) mass is 306 g/mol. The van der Waals surface area contributed by atoms with Crippen molar-refractivity contribution in [2.24, 2.45) is 0 Å².